The van der Waals surface area contributed by atoms with Crippen LogP contribution in [-0.2, 0) is 0 Å². The molecule has 0 spiro atoms. The molecule has 1 aromatic rings. The van der Waals surface area contributed by atoms with Crippen molar-refractivity contribution in [2.24, 2.45) is 0 Å². The van der Waals surface area contributed by atoms with Gasteiger partial charge < -0.3 is 0 Å². The fourth-order valence-electron chi connectivity index (χ4n) is 3.02. The standard InChI is InChI=1S/C15H19ClFN/c1-9(2)15-12(8-10(3)18(15)4)11-6-5-7-13(16)14(11)17/h5-7,10,12,15H,1,8H2,2-4H3. The van der Waals surface area contributed by atoms with Gasteiger partial charge in [0, 0.05) is 18.0 Å². The van der Waals surface area contributed by atoms with Crippen LogP contribution >= 0.6 is 11.6 Å². The van der Waals surface area contributed by atoms with E-state index in [1.165, 1.54) is 0 Å². The van der Waals surface area contributed by atoms with Gasteiger partial charge in [-0.25, -0.2) is 4.39 Å². The molecule has 1 fully saturated rings. The van der Waals surface area contributed by atoms with Gasteiger partial charge in [-0.2, -0.15) is 0 Å². The van der Waals surface area contributed by atoms with Crippen molar-refractivity contribution >= 4 is 11.6 Å². The van der Waals surface area contributed by atoms with Crippen molar-refractivity contribution in [1.82, 2.24) is 4.90 Å². The zero-order valence-electron chi connectivity index (χ0n) is 11.1. The Bertz CT molecular complexity index is 472. The molecule has 3 atom stereocenters. The Labute approximate surface area is 113 Å². The van der Waals surface area contributed by atoms with Crippen LogP contribution in [0, 0.1) is 5.82 Å². The summed E-state index contributed by atoms with van der Waals surface area (Å²) in [5.41, 5.74) is 1.79. The number of likely N-dealkylation sites (N-methyl/N-ethyl adjacent to an activating group) is 1. The van der Waals surface area contributed by atoms with E-state index in [9.17, 15) is 4.39 Å². The van der Waals surface area contributed by atoms with Crippen LogP contribution in [0.1, 0.15) is 31.7 Å². The van der Waals surface area contributed by atoms with Crippen LogP contribution in [-0.4, -0.2) is 24.0 Å². The second-order valence-electron chi connectivity index (χ2n) is 5.29. The van der Waals surface area contributed by atoms with Crippen molar-refractivity contribution < 1.29 is 4.39 Å². The number of halogens is 2. The van der Waals surface area contributed by atoms with Gasteiger partial charge in [0.25, 0.3) is 0 Å². The largest absolute Gasteiger partial charge is 0.296 e. The summed E-state index contributed by atoms with van der Waals surface area (Å²) in [6, 6.07) is 5.87. The predicted octanol–water partition coefficient (Wildman–Crippen LogP) is 4.23. The quantitative estimate of drug-likeness (QED) is 0.725. The lowest BCUT2D eigenvalue weighted by molar-refractivity contribution is 0.273. The Morgan fingerprint density at radius 2 is 2.17 bits per heavy atom. The summed E-state index contributed by atoms with van der Waals surface area (Å²) in [6.45, 7) is 8.23. The first-order valence-electron chi connectivity index (χ1n) is 6.24. The minimum atomic E-state index is -0.280. The highest BCUT2D eigenvalue weighted by Gasteiger charge is 2.39. The molecule has 1 nitrogen and oxygen atoms in total. The Hall–Kier alpha value is -0.860. The Balaban J connectivity index is 2.43. The average molecular weight is 268 g/mol. The molecule has 0 amide bonds. The number of likely N-dealkylation sites (tertiary alicyclic amines) is 1. The molecule has 1 aliphatic rings. The van der Waals surface area contributed by atoms with E-state index in [4.69, 9.17) is 11.6 Å². The summed E-state index contributed by atoms with van der Waals surface area (Å²) in [6.07, 6.45) is 0.936. The zero-order chi connectivity index (χ0) is 13.4. The van der Waals surface area contributed by atoms with Crippen molar-refractivity contribution in [3.05, 3.63) is 46.8 Å². The van der Waals surface area contributed by atoms with E-state index in [2.05, 4.69) is 25.5 Å². The summed E-state index contributed by atoms with van der Waals surface area (Å²) in [7, 11) is 2.08. The van der Waals surface area contributed by atoms with Crippen molar-refractivity contribution in [2.45, 2.75) is 38.3 Å². The molecule has 18 heavy (non-hydrogen) atoms. The number of hydrogen-bond acceptors (Lipinski definition) is 1. The molecule has 0 saturated carbocycles. The third kappa shape index (κ3) is 2.19. The normalized spacial score (nSPS) is 28.6. The Kier molecular flexibility index (Phi) is 3.79. The lowest BCUT2D eigenvalue weighted by Gasteiger charge is -2.27. The molecule has 2 rings (SSSR count). The molecular formula is C15H19ClFN. The molecule has 1 aliphatic heterocycles. The van der Waals surface area contributed by atoms with Gasteiger partial charge in [0.15, 0.2) is 0 Å². The number of nitrogens with zero attached hydrogens (tertiary/aromatic N) is 1. The van der Waals surface area contributed by atoms with Gasteiger partial charge in [0.2, 0.25) is 0 Å². The van der Waals surface area contributed by atoms with Gasteiger partial charge in [-0.15, -0.1) is 0 Å². The highest BCUT2D eigenvalue weighted by Crippen LogP contribution is 2.41. The summed E-state index contributed by atoms with van der Waals surface area (Å²) >= 11 is 5.88. The monoisotopic (exact) mass is 267 g/mol. The third-order valence-corrected chi connectivity index (χ3v) is 4.29. The van der Waals surface area contributed by atoms with Crippen LogP contribution in [0.5, 0.6) is 0 Å². The van der Waals surface area contributed by atoms with E-state index < -0.39 is 0 Å². The fourth-order valence-corrected chi connectivity index (χ4v) is 3.20. The van der Waals surface area contributed by atoms with E-state index in [1.807, 2.05) is 19.1 Å². The Morgan fingerprint density at radius 3 is 2.78 bits per heavy atom. The second-order valence-corrected chi connectivity index (χ2v) is 5.70. The van der Waals surface area contributed by atoms with E-state index in [0.29, 0.717) is 11.6 Å². The van der Waals surface area contributed by atoms with Crippen molar-refractivity contribution in [3.63, 3.8) is 0 Å². The number of rotatable bonds is 2. The smallest absolute Gasteiger partial charge is 0.145 e. The second kappa shape index (κ2) is 5.02. The van der Waals surface area contributed by atoms with Crippen molar-refractivity contribution in [3.8, 4) is 0 Å². The maximum atomic E-state index is 14.2. The summed E-state index contributed by atoms with van der Waals surface area (Å²) in [5.74, 6) is -0.140. The summed E-state index contributed by atoms with van der Waals surface area (Å²) in [5, 5.41) is 0.204. The average Bonchev–Trinajstić information content (AvgIpc) is 2.59. The maximum Gasteiger partial charge on any atom is 0.145 e. The van der Waals surface area contributed by atoms with E-state index in [-0.39, 0.29) is 22.8 Å². The lowest BCUT2D eigenvalue weighted by Crippen LogP contribution is -2.33. The lowest BCUT2D eigenvalue weighted by atomic mass is 9.87. The van der Waals surface area contributed by atoms with Crippen LogP contribution in [0.15, 0.2) is 30.4 Å². The molecular weight excluding hydrogens is 249 g/mol. The van der Waals surface area contributed by atoms with Crippen molar-refractivity contribution in [1.29, 1.82) is 0 Å². The van der Waals surface area contributed by atoms with Gasteiger partial charge in [-0.3, -0.25) is 4.90 Å². The van der Waals surface area contributed by atoms with Gasteiger partial charge >= 0.3 is 0 Å². The van der Waals surface area contributed by atoms with Gasteiger partial charge in [-0.05, 0) is 38.9 Å². The minimum absolute atomic E-state index is 0.140. The molecule has 0 radical (unpaired) electrons. The molecule has 1 heterocycles. The van der Waals surface area contributed by atoms with Gasteiger partial charge in [0.1, 0.15) is 5.82 Å². The van der Waals surface area contributed by atoms with Crippen LogP contribution in [0.2, 0.25) is 5.02 Å². The minimum Gasteiger partial charge on any atom is -0.296 e. The first-order valence-corrected chi connectivity index (χ1v) is 6.62. The molecule has 3 heteroatoms. The number of benzene rings is 1. The predicted molar refractivity (Wildman–Crippen MR) is 74.6 cm³/mol. The zero-order valence-corrected chi connectivity index (χ0v) is 11.8. The molecule has 0 aliphatic carbocycles. The molecule has 3 unspecified atom stereocenters. The third-order valence-electron chi connectivity index (χ3n) is 4.00. The highest BCUT2D eigenvalue weighted by molar-refractivity contribution is 6.30. The summed E-state index contributed by atoms with van der Waals surface area (Å²) in [4.78, 5) is 2.27. The van der Waals surface area contributed by atoms with E-state index in [0.717, 1.165) is 12.0 Å². The van der Waals surface area contributed by atoms with Gasteiger partial charge in [0.05, 0.1) is 5.02 Å². The highest BCUT2D eigenvalue weighted by atomic mass is 35.5. The van der Waals surface area contributed by atoms with E-state index in [1.54, 1.807) is 6.07 Å². The van der Waals surface area contributed by atoms with Gasteiger partial charge in [-0.1, -0.05) is 35.9 Å². The SMILES string of the molecule is C=C(C)C1C(c2cccc(Cl)c2F)CC(C)N1C. The first-order chi connectivity index (χ1) is 8.43. The Morgan fingerprint density at radius 1 is 1.50 bits per heavy atom. The molecule has 0 aromatic heterocycles. The molecule has 1 saturated heterocycles. The fraction of sp³-hybridized carbons (Fsp3) is 0.467. The molecule has 1 aromatic carbocycles. The molecule has 0 bridgehead atoms. The van der Waals surface area contributed by atoms with Crippen LogP contribution in [0.4, 0.5) is 4.39 Å². The summed E-state index contributed by atoms with van der Waals surface area (Å²) < 4.78 is 14.2. The first kappa shape index (κ1) is 13.6. The maximum absolute atomic E-state index is 14.2. The number of hydrogen-bond donors (Lipinski definition) is 0. The van der Waals surface area contributed by atoms with Crippen LogP contribution < -0.4 is 0 Å². The van der Waals surface area contributed by atoms with Crippen LogP contribution in [0.25, 0.3) is 0 Å². The molecule has 98 valence electrons. The van der Waals surface area contributed by atoms with Crippen LogP contribution in [0.3, 0.4) is 0 Å². The topological polar surface area (TPSA) is 3.24 Å². The van der Waals surface area contributed by atoms with E-state index >= 15 is 0 Å². The van der Waals surface area contributed by atoms with Crippen molar-refractivity contribution in [2.75, 3.05) is 7.05 Å². The molecule has 0 N–H and O–H groups in total.